The molecule has 0 saturated heterocycles. The van der Waals surface area contributed by atoms with Gasteiger partial charge >= 0.3 is 0 Å². The van der Waals surface area contributed by atoms with Gasteiger partial charge in [0.1, 0.15) is 11.6 Å². The van der Waals surface area contributed by atoms with Crippen LogP contribution in [0.4, 0.5) is 0 Å². The van der Waals surface area contributed by atoms with Crippen LogP contribution in [0.3, 0.4) is 0 Å². The number of nitrogens with zero attached hydrogens (tertiary/aromatic N) is 2. The zero-order valence-electron chi connectivity index (χ0n) is 19.0. The number of aromatic nitrogens is 2. The number of carbonyl (C=O) groups excluding carboxylic acids is 1. The lowest BCUT2D eigenvalue weighted by atomic mass is 10.2. The maximum atomic E-state index is 12.4. The topological polar surface area (TPSA) is 90.3 Å². The zero-order valence-corrected chi connectivity index (χ0v) is 21.3. The number of hydrogen-bond acceptors (Lipinski definition) is 5. The fraction of sp³-hybridized carbons (Fsp3) is 0.250. The highest BCUT2D eigenvalue weighted by Crippen LogP contribution is 2.26. The molecule has 0 aliphatic heterocycles. The Balaban J connectivity index is 1.78. The van der Waals surface area contributed by atoms with Gasteiger partial charge in [-0.2, -0.15) is 0 Å². The summed E-state index contributed by atoms with van der Waals surface area (Å²) < 4.78 is 34.3. The summed E-state index contributed by atoms with van der Waals surface area (Å²) in [5.74, 6) is 0.486. The minimum absolute atomic E-state index is 0.000210. The van der Waals surface area contributed by atoms with Crippen LogP contribution in [0.1, 0.15) is 36.0 Å². The lowest BCUT2D eigenvalue weighted by Crippen LogP contribution is -2.29. The number of aryl methyl sites for hydroxylation is 2. The smallest absolute Gasteiger partial charge is 0.264 e. The van der Waals surface area contributed by atoms with E-state index in [-0.39, 0.29) is 10.0 Å². The van der Waals surface area contributed by atoms with Gasteiger partial charge in [-0.1, -0.05) is 53.9 Å². The first-order valence-corrected chi connectivity index (χ1v) is 12.8. The summed E-state index contributed by atoms with van der Waals surface area (Å²) in [6, 6.07) is 11.6. The largest absolute Gasteiger partial charge is 0.494 e. The van der Waals surface area contributed by atoms with Gasteiger partial charge < -0.3 is 9.30 Å². The quantitative estimate of drug-likeness (QED) is 0.392. The van der Waals surface area contributed by atoms with E-state index in [0.717, 1.165) is 23.6 Å². The molecule has 0 spiro atoms. The van der Waals surface area contributed by atoms with E-state index in [1.54, 1.807) is 29.7 Å². The minimum atomic E-state index is -4.00. The molecule has 0 radical (unpaired) electrons. The summed E-state index contributed by atoms with van der Waals surface area (Å²) in [5, 5.41) is 0.705. The van der Waals surface area contributed by atoms with Gasteiger partial charge in [-0.05, 0) is 56.2 Å². The van der Waals surface area contributed by atoms with E-state index < -0.39 is 15.9 Å². The average Bonchev–Trinajstić information content (AvgIpc) is 3.04. The van der Waals surface area contributed by atoms with Crippen molar-refractivity contribution < 1.29 is 17.9 Å². The summed E-state index contributed by atoms with van der Waals surface area (Å²) in [5.41, 5.74) is 2.17. The van der Waals surface area contributed by atoms with E-state index in [1.165, 1.54) is 18.2 Å². The number of ether oxygens (including phenoxy) is 1. The normalized spacial score (nSPS) is 11.7. The third kappa shape index (κ3) is 6.40. The van der Waals surface area contributed by atoms with Crippen LogP contribution < -0.4 is 9.46 Å². The lowest BCUT2D eigenvalue weighted by Gasteiger charge is -2.12. The highest BCUT2D eigenvalue weighted by molar-refractivity contribution is 7.90. The third-order valence-corrected chi connectivity index (χ3v) is 6.93. The molecule has 1 aromatic heterocycles. The van der Waals surface area contributed by atoms with Crippen LogP contribution in [-0.4, -0.2) is 30.5 Å². The fourth-order valence-electron chi connectivity index (χ4n) is 3.14. The molecular weight excluding hydrogens is 497 g/mol. The van der Waals surface area contributed by atoms with Crippen molar-refractivity contribution >= 4 is 45.2 Å². The number of nitrogens with one attached hydrogen (secondary N) is 1. The molecule has 0 aliphatic carbocycles. The van der Waals surface area contributed by atoms with Crippen molar-refractivity contribution in [3.8, 4) is 5.75 Å². The molecule has 34 heavy (non-hydrogen) atoms. The Morgan fingerprint density at radius 3 is 2.50 bits per heavy atom. The molecule has 1 amide bonds. The first-order valence-electron chi connectivity index (χ1n) is 10.6. The van der Waals surface area contributed by atoms with E-state index in [9.17, 15) is 13.2 Å². The number of halogens is 2. The van der Waals surface area contributed by atoms with Crippen LogP contribution in [-0.2, 0) is 21.4 Å². The fourth-order valence-corrected chi connectivity index (χ4v) is 4.60. The molecule has 3 aromatic rings. The van der Waals surface area contributed by atoms with Crippen molar-refractivity contribution in [1.29, 1.82) is 0 Å². The first-order chi connectivity index (χ1) is 16.1. The van der Waals surface area contributed by atoms with E-state index in [1.807, 2.05) is 30.7 Å². The molecule has 0 unspecified atom stereocenters. The standard InChI is InChI=1S/C24H25Cl2N3O4S/c1-4-13-33-19-8-7-18(21(25)14-19)15-29-17(3)27-24(26)22(29)11-12-23(30)28-34(31,32)20-9-5-16(2)6-10-20/h5-12,14H,4,13,15H2,1-3H3,(H,28,30). The second kappa shape index (κ2) is 11.1. The van der Waals surface area contributed by atoms with E-state index in [2.05, 4.69) is 4.98 Å². The highest BCUT2D eigenvalue weighted by atomic mass is 35.5. The number of benzene rings is 2. The molecule has 180 valence electrons. The number of imidazole rings is 1. The zero-order chi connectivity index (χ0) is 24.9. The monoisotopic (exact) mass is 521 g/mol. The third-order valence-electron chi connectivity index (χ3n) is 4.94. The summed E-state index contributed by atoms with van der Waals surface area (Å²) in [7, 11) is -4.00. The van der Waals surface area contributed by atoms with Crippen LogP contribution in [0, 0.1) is 13.8 Å². The van der Waals surface area contributed by atoms with Crippen molar-refractivity contribution in [2.75, 3.05) is 6.61 Å². The van der Waals surface area contributed by atoms with Crippen molar-refractivity contribution in [1.82, 2.24) is 14.3 Å². The van der Waals surface area contributed by atoms with Gasteiger partial charge in [-0.3, -0.25) is 4.79 Å². The van der Waals surface area contributed by atoms with Gasteiger partial charge in [-0.25, -0.2) is 18.1 Å². The molecule has 0 aliphatic rings. The summed E-state index contributed by atoms with van der Waals surface area (Å²) in [4.78, 5) is 16.6. The number of rotatable bonds is 9. The van der Waals surface area contributed by atoms with Gasteiger partial charge in [0, 0.05) is 11.1 Å². The van der Waals surface area contributed by atoms with Crippen molar-refractivity contribution in [2.45, 2.75) is 38.6 Å². The van der Waals surface area contributed by atoms with E-state index in [4.69, 9.17) is 27.9 Å². The number of amides is 1. The van der Waals surface area contributed by atoms with Crippen LogP contribution >= 0.6 is 23.2 Å². The molecule has 0 saturated carbocycles. The van der Waals surface area contributed by atoms with Crippen LogP contribution in [0.25, 0.3) is 6.08 Å². The summed E-state index contributed by atoms with van der Waals surface area (Å²) in [6.45, 7) is 6.59. The molecule has 0 atom stereocenters. The minimum Gasteiger partial charge on any atom is -0.494 e. The molecule has 0 fully saturated rings. The van der Waals surface area contributed by atoms with Gasteiger partial charge in [-0.15, -0.1) is 0 Å². The molecule has 0 bridgehead atoms. The molecule has 1 N–H and O–H groups in total. The maximum absolute atomic E-state index is 12.4. The Labute approximate surface area is 209 Å². The molecule has 2 aromatic carbocycles. The van der Waals surface area contributed by atoms with Gasteiger partial charge in [0.25, 0.3) is 15.9 Å². The van der Waals surface area contributed by atoms with Crippen molar-refractivity contribution in [2.24, 2.45) is 0 Å². The Kier molecular flexibility index (Phi) is 8.41. The van der Waals surface area contributed by atoms with Crippen LogP contribution in [0.2, 0.25) is 10.2 Å². The molecule has 3 rings (SSSR count). The lowest BCUT2D eigenvalue weighted by molar-refractivity contribution is -0.114. The van der Waals surface area contributed by atoms with Crippen molar-refractivity contribution in [3.63, 3.8) is 0 Å². The average molecular weight is 522 g/mol. The second-order valence-corrected chi connectivity index (χ2v) is 10.1. The molecule has 7 nitrogen and oxygen atoms in total. The number of hydrogen-bond donors (Lipinski definition) is 1. The maximum Gasteiger partial charge on any atom is 0.264 e. The Hall–Kier alpha value is -2.81. The number of carbonyl (C=O) groups is 1. The molecule has 10 heteroatoms. The van der Waals surface area contributed by atoms with Crippen LogP contribution in [0.5, 0.6) is 5.75 Å². The molecular formula is C24H25Cl2N3O4S. The Morgan fingerprint density at radius 2 is 1.85 bits per heavy atom. The first kappa shape index (κ1) is 25.8. The predicted octanol–water partition coefficient (Wildman–Crippen LogP) is 5.16. The Morgan fingerprint density at radius 1 is 1.15 bits per heavy atom. The summed E-state index contributed by atoms with van der Waals surface area (Å²) >= 11 is 12.7. The van der Waals surface area contributed by atoms with Gasteiger partial charge in [0.15, 0.2) is 5.15 Å². The SMILES string of the molecule is CCCOc1ccc(Cn2c(C)nc(Cl)c2C=CC(=O)NS(=O)(=O)c2ccc(C)cc2)c(Cl)c1. The van der Waals surface area contributed by atoms with E-state index >= 15 is 0 Å². The summed E-state index contributed by atoms with van der Waals surface area (Å²) in [6.07, 6.45) is 3.42. The predicted molar refractivity (Wildman–Crippen MR) is 134 cm³/mol. The van der Waals surface area contributed by atoms with Gasteiger partial charge in [0.05, 0.1) is 23.7 Å². The Bertz CT molecular complexity index is 1320. The van der Waals surface area contributed by atoms with Crippen molar-refractivity contribution in [3.05, 3.63) is 81.4 Å². The van der Waals surface area contributed by atoms with E-state index in [0.29, 0.717) is 35.4 Å². The van der Waals surface area contributed by atoms with Crippen LogP contribution in [0.15, 0.2) is 53.4 Å². The second-order valence-electron chi connectivity index (χ2n) is 7.64. The number of sulfonamides is 1. The van der Waals surface area contributed by atoms with Gasteiger partial charge in [0.2, 0.25) is 0 Å². The molecule has 1 heterocycles. The highest BCUT2D eigenvalue weighted by Gasteiger charge is 2.17.